The first-order valence-electron chi connectivity index (χ1n) is 7.91. The van der Waals surface area contributed by atoms with E-state index < -0.39 is 11.5 Å². The molecular formula is C19H20ClNO3. The number of carbonyl (C=O) groups excluding carboxylic acids is 1. The number of ether oxygens (including phenoxy) is 1. The van der Waals surface area contributed by atoms with E-state index in [1.165, 1.54) is 0 Å². The van der Waals surface area contributed by atoms with Crippen molar-refractivity contribution in [3.63, 3.8) is 0 Å². The Hall–Kier alpha value is -2.04. The molecule has 1 fully saturated rings. The molecule has 0 spiro atoms. The number of amides is 1. The van der Waals surface area contributed by atoms with Gasteiger partial charge in [0.1, 0.15) is 5.75 Å². The van der Waals surface area contributed by atoms with Crippen LogP contribution in [-0.2, 0) is 10.2 Å². The number of halogens is 1. The van der Waals surface area contributed by atoms with Crippen molar-refractivity contribution in [3.05, 3.63) is 64.7 Å². The van der Waals surface area contributed by atoms with Crippen LogP contribution >= 0.6 is 11.6 Å². The zero-order chi connectivity index (χ0) is 17.2. The van der Waals surface area contributed by atoms with Crippen molar-refractivity contribution < 1.29 is 14.6 Å². The topological polar surface area (TPSA) is 58.6 Å². The lowest BCUT2D eigenvalue weighted by Gasteiger charge is -2.18. The summed E-state index contributed by atoms with van der Waals surface area (Å²) in [5.41, 5.74) is 1.21. The SMILES string of the molecule is COc1cccc(C(O)CNC(=O)C2(c3ccc(Cl)cc3)CC2)c1. The van der Waals surface area contributed by atoms with E-state index in [0.29, 0.717) is 16.3 Å². The van der Waals surface area contributed by atoms with Crippen LogP contribution in [0.15, 0.2) is 48.5 Å². The fourth-order valence-corrected chi connectivity index (χ4v) is 2.99. The van der Waals surface area contributed by atoms with Gasteiger partial charge in [-0.15, -0.1) is 0 Å². The number of hydrogen-bond acceptors (Lipinski definition) is 3. The van der Waals surface area contributed by atoms with E-state index in [0.717, 1.165) is 18.4 Å². The molecule has 1 unspecified atom stereocenters. The first kappa shape index (κ1) is 16.8. The van der Waals surface area contributed by atoms with E-state index in [1.807, 2.05) is 30.3 Å². The Kier molecular flexibility index (Phi) is 4.78. The smallest absolute Gasteiger partial charge is 0.230 e. The van der Waals surface area contributed by atoms with E-state index in [4.69, 9.17) is 16.3 Å². The summed E-state index contributed by atoms with van der Waals surface area (Å²) in [6.07, 6.45) is 0.857. The predicted molar refractivity (Wildman–Crippen MR) is 93.3 cm³/mol. The Morgan fingerprint density at radius 2 is 2.00 bits per heavy atom. The van der Waals surface area contributed by atoms with Crippen molar-refractivity contribution in [2.45, 2.75) is 24.4 Å². The third-order valence-electron chi connectivity index (χ3n) is 4.52. The quantitative estimate of drug-likeness (QED) is 0.845. The summed E-state index contributed by atoms with van der Waals surface area (Å²) in [4.78, 5) is 12.6. The maximum absolute atomic E-state index is 12.6. The van der Waals surface area contributed by atoms with Gasteiger partial charge in [-0.2, -0.15) is 0 Å². The first-order valence-corrected chi connectivity index (χ1v) is 8.29. The molecule has 2 aromatic carbocycles. The van der Waals surface area contributed by atoms with Crippen molar-refractivity contribution in [2.75, 3.05) is 13.7 Å². The molecule has 0 aromatic heterocycles. The minimum absolute atomic E-state index is 0.0493. The molecule has 1 amide bonds. The molecule has 1 saturated carbocycles. The zero-order valence-electron chi connectivity index (χ0n) is 13.5. The van der Waals surface area contributed by atoms with Crippen molar-refractivity contribution >= 4 is 17.5 Å². The van der Waals surface area contributed by atoms with Crippen molar-refractivity contribution in [1.82, 2.24) is 5.32 Å². The van der Waals surface area contributed by atoms with Crippen LogP contribution in [-0.4, -0.2) is 24.7 Å². The summed E-state index contributed by atoms with van der Waals surface area (Å²) in [6.45, 7) is 0.168. The maximum Gasteiger partial charge on any atom is 0.230 e. The lowest BCUT2D eigenvalue weighted by molar-refractivity contribution is -0.124. The minimum Gasteiger partial charge on any atom is -0.497 e. The largest absolute Gasteiger partial charge is 0.497 e. The van der Waals surface area contributed by atoms with Crippen LogP contribution in [0.1, 0.15) is 30.1 Å². The van der Waals surface area contributed by atoms with Gasteiger partial charge in [-0.3, -0.25) is 4.79 Å². The molecule has 24 heavy (non-hydrogen) atoms. The number of benzene rings is 2. The Morgan fingerprint density at radius 3 is 2.62 bits per heavy atom. The molecule has 4 nitrogen and oxygen atoms in total. The van der Waals surface area contributed by atoms with Gasteiger partial charge in [-0.05, 0) is 48.2 Å². The highest BCUT2D eigenvalue weighted by molar-refractivity contribution is 6.30. The minimum atomic E-state index is -0.773. The molecule has 126 valence electrons. The summed E-state index contributed by atoms with van der Waals surface area (Å²) in [5, 5.41) is 13.8. The van der Waals surface area contributed by atoms with Gasteiger partial charge in [0.15, 0.2) is 0 Å². The van der Waals surface area contributed by atoms with E-state index in [-0.39, 0.29) is 12.5 Å². The molecule has 0 heterocycles. The highest BCUT2D eigenvalue weighted by Crippen LogP contribution is 2.48. The van der Waals surface area contributed by atoms with Gasteiger partial charge in [0.2, 0.25) is 5.91 Å². The molecule has 1 aliphatic rings. The summed E-state index contributed by atoms with van der Waals surface area (Å²) in [7, 11) is 1.58. The summed E-state index contributed by atoms with van der Waals surface area (Å²) >= 11 is 5.91. The Morgan fingerprint density at radius 1 is 1.29 bits per heavy atom. The van der Waals surface area contributed by atoms with Gasteiger partial charge in [0.05, 0.1) is 18.6 Å². The van der Waals surface area contributed by atoms with Crippen LogP contribution < -0.4 is 10.1 Å². The molecule has 2 aromatic rings. The summed E-state index contributed by atoms with van der Waals surface area (Å²) < 4.78 is 5.15. The molecule has 0 bridgehead atoms. The molecule has 5 heteroatoms. The molecule has 1 atom stereocenters. The number of rotatable bonds is 6. The lowest BCUT2D eigenvalue weighted by Crippen LogP contribution is -2.37. The van der Waals surface area contributed by atoms with Gasteiger partial charge in [0, 0.05) is 11.6 Å². The Bertz CT molecular complexity index is 726. The number of carbonyl (C=O) groups is 1. The van der Waals surface area contributed by atoms with Crippen molar-refractivity contribution in [2.24, 2.45) is 0 Å². The first-order chi connectivity index (χ1) is 11.5. The Balaban J connectivity index is 1.63. The van der Waals surface area contributed by atoms with Crippen LogP contribution in [0.25, 0.3) is 0 Å². The second-order valence-corrected chi connectivity index (χ2v) is 6.53. The summed E-state index contributed by atoms with van der Waals surface area (Å²) in [5.74, 6) is 0.629. The third-order valence-corrected chi connectivity index (χ3v) is 4.77. The Labute approximate surface area is 146 Å². The molecule has 3 rings (SSSR count). The average molecular weight is 346 g/mol. The second kappa shape index (κ2) is 6.83. The van der Waals surface area contributed by atoms with E-state index in [1.54, 1.807) is 25.3 Å². The van der Waals surface area contributed by atoms with E-state index in [2.05, 4.69) is 5.32 Å². The maximum atomic E-state index is 12.6. The molecular weight excluding hydrogens is 326 g/mol. The monoisotopic (exact) mass is 345 g/mol. The van der Waals surface area contributed by atoms with Gasteiger partial charge < -0.3 is 15.2 Å². The fourth-order valence-electron chi connectivity index (χ4n) is 2.87. The lowest BCUT2D eigenvalue weighted by atomic mass is 9.95. The van der Waals surface area contributed by atoms with Gasteiger partial charge in [0.25, 0.3) is 0 Å². The molecule has 0 aliphatic heterocycles. The normalized spacial score (nSPS) is 16.3. The van der Waals surface area contributed by atoms with Crippen molar-refractivity contribution in [3.8, 4) is 5.75 Å². The number of aliphatic hydroxyl groups excluding tert-OH is 1. The molecule has 0 saturated heterocycles. The van der Waals surface area contributed by atoms with Crippen LogP contribution in [0.3, 0.4) is 0 Å². The highest BCUT2D eigenvalue weighted by Gasteiger charge is 2.51. The number of hydrogen-bond donors (Lipinski definition) is 2. The van der Waals surface area contributed by atoms with Crippen LogP contribution in [0.5, 0.6) is 5.75 Å². The van der Waals surface area contributed by atoms with Gasteiger partial charge in [-0.1, -0.05) is 35.9 Å². The fraction of sp³-hybridized carbons (Fsp3) is 0.316. The van der Waals surface area contributed by atoms with Crippen LogP contribution in [0.2, 0.25) is 5.02 Å². The molecule has 0 radical (unpaired) electrons. The number of methoxy groups -OCH3 is 1. The standard InChI is InChI=1S/C19H20ClNO3/c1-24-16-4-2-3-13(11-16)17(22)12-21-18(23)19(9-10-19)14-5-7-15(20)8-6-14/h2-8,11,17,22H,9-10,12H2,1H3,(H,21,23). The van der Waals surface area contributed by atoms with Crippen LogP contribution in [0.4, 0.5) is 0 Å². The average Bonchev–Trinajstić information content (AvgIpc) is 3.42. The zero-order valence-corrected chi connectivity index (χ0v) is 14.2. The van der Waals surface area contributed by atoms with Crippen LogP contribution in [0, 0.1) is 0 Å². The highest BCUT2D eigenvalue weighted by atomic mass is 35.5. The van der Waals surface area contributed by atoms with Gasteiger partial charge in [-0.25, -0.2) is 0 Å². The third kappa shape index (κ3) is 3.40. The van der Waals surface area contributed by atoms with E-state index in [9.17, 15) is 9.90 Å². The summed E-state index contributed by atoms with van der Waals surface area (Å²) in [6, 6.07) is 14.6. The van der Waals surface area contributed by atoms with Gasteiger partial charge >= 0.3 is 0 Å². The van der Waals surface area contributed by atoms with E-state index >= 15 is 0 Å². The predicted octanol–water partition coefficient (Wildman–Crippen LogP) is 3.23. The molecule has 1 aliphatic carbocycles. The second-order valence-electron chi connectivity index (χ2n) is 6.09. The number of aliphatic hydroxyl groups is 1. The van der Waals surface area contributed by atoms with Crippen molar-refractivity contribution in [1.29, 1.82) is 0 Å². The number of nitrogens with one attached hydrogen (secondary N) is 1. The molecule has 2 N–H and O–H groups in total.